The summed E-state index contributed by atoms with van der Waals surface area (Å²) >= 11 is 1.66. The second kappa shape index (κ2) is 3.68. The van der Waals surface area contributed by atoms with E-state index in [1.807, 2.05) is 19.2 Å². The number of allylic oxidation sites excluding steroid dienone is 1. The molecule has 0 saturated heterocycles. The van der Waals surface area contributed by atoms with Crippen LogP contribution in [0.4, 0.5) is 0 Å². The Labute approximate surface area is 77.1 Å². The molecule has 1 N–H and O–H groups in total. The molecule has 0 unspecified atom stereocenters. The Morgan fingerprint density at radius 3 is 2.67 bits per heavy atom. The molecular formula is C10H12OS. The number of hydrogen-bond donors (Lipinski definition) is 1. The number of rotatable bonds is 2. The molecule has 0 amide bonds. The molecule has 0 aromatic heterocycles. The lowest BCUT2D eigenvalue weighted by Crippen LogP contribution is -1.82. The van der Waals surface area contributed by atoms with Crippen LogP contribution < -0.4 is 0 Å². The summed E-state index contributed by atoms with van der Waals surface area (Å²) in [5.74, 6) is 0.297. The maximum Gasteiger partial charge on any atom is 0.116 e. The number of benzene rings is 1. The van der Waals surface area contributed by atoms with Gasteiger partial charge in [0.15, 0.2) is 0 Å². The van der Waals surface area contributed by atoms with Gasteiger partial charge < -0.3 is 5.11 Å². The third kappa shape index (κ3) is 1.83. The summed E-state index contributed by atoms with van der Waals surface area (Å²) in [4.78, 5) is 1.15. The van der Waals surface area contributed by atoms with Crippen molar-refractivity contribution in [2.24, 2.45) is 0 Å². The molecule has 0 aliphatic carbocycles. The molecule has 1 nitrogen and oxygen atoms in total. The second-order valence-electron chi connectivity index (χ2n) is 2.66. The van der Waals surface area contributed by atoms with Gasteiger partial charge in [0.2, 0.25) is 0 Å². The van der Waals surface area contributed by atoms with E-state index < -0.39 is 0 Å². The van der Waals surface area contributed by atoms with Gasteiger partial charge in [-0.05, 0) is 42.5 Å². The van der Waals surface area contributed by atoms with Gasteiger partial charge in [-0.25, -0.2) is 0 Å². The fourth-order valence-electron chi connectivity index (χ4n) is 1.03. The SMILES string of the molecule is C=C(C)c1cc(O)ccc1SC. The van der Waals surface area contributed by atoms with Gasteiger partial charge in [-0.15, -0.1) is 11.8 Å². The van der Waals surface area contributed by atoms with Crippen molar-refractivity contribution in [2.75, 3.05) is 6.26 Å². The van der Waals surface area contributed by atoms with Crippen molar-refractivity contribution >= 4 is 17.3 Å². The molecule has 1 rings (SSSR count). The van der Waals surface area contributed by atoms with Gasteiger partial charge in [-0.1, -0.05) is 6.58 Å². The molecule has 0 bridgehead atoms. The van der Waals surface area contributed by atoms with Crippen LogP contribution in [0.25, 0.3) is 5.57 Å². The third-order valence-electron chi connectivity index (χ3n) is 1.64. The maximum absolute atomic E-state index is 9.23. The van der Waals surface area contributed by atoms with Gasteiger partial charge in [0.05, 0.1) is 0 Å². The summed E-state index contributed by atoms with van der Waals surface area (Å²) in [6.07, 6.45) is 2.01. The monoisotopic (exact) mass is 180 g/mol. The van der Waals surface area contributed by atoms with Gasteiger partial charge in [0.25, 0.3) is 0 Å². The number of hydrogen-bond acceptors (Lipinski definition) is 2. The van der Waals surface area contributed by atoms with Crippen LogP contribution in [0, 0.1) is 0 Å². The van der Waals surface area contributed by atoms with Crippen molar-refractivity contribution in [3.8, 4) is 5.75 Å². The molecule has 0 fully saturated rings. The van der Waals surface area contributed by atoms with E-state index in [0.717, 1.165) is 16.0 Å². The van der Waals surface area contributed by atoms with E-state index >= 15 is 0 Å². The van der Waals surface area contributed by atoms with Gasteiger partial charge in [0.1, 0.15) is 5.75 Å². The summed E-state index contributed by atoms with van der Waals surface area (Å²) in [6.45, 7) is 5.79. The van der Waals surface area contributed by atoms with Crippen LogP contribution in [0.15, 0.2) is 29.7 Å². The van der Waals surface area contributed by atoms with Crippen LogP contribution in [0.3, 0.4) is 0 Å². The zero-order valence-electron chi connectivity index (χ0n) is 7.29. The van der Waals surface area contributed by atoms with Crippen molar-refractivity contribution < 1.29 is 5.11 Å². The minimum Gasteiger partial charge on any atom is -0.508 e. The number of aromatic hydroxyl groups is 1. The van der Waals surface area contributed by atoms with Crippen LogP contribution in [0.1, 0.15) is 12.5 Å². The molecule has 0 spiro atoms. The molecule has 0 saturated carbocycles. The molecule has 1 aromatic carbocycles. The first-order valence-electron chi connectivity index (χ1n) is 3.68. The summed E-state index contributed by atoms with van der Waals surface area (Å²) < 4.78 is 0. The highest BCUT2D eigenvalue weighted by Gasteiger charge is 2.02. The molecule has 0 aliphatic heterocycles. The lowest BCUT2D eigenvalue weighted by molar-refractivity contribution is 0.474. The Morgan fingerprint density at radius 1 is 1.50 bits per heavy atom. The first-order chi connectivity index (χ1) is 5.65. The first-order valence-corrected chi connectivity index (χ1v) is 4.90. The van der Waals surface area contributed by atoms with Crippen molar-refractivity contribution in [3.05, 3.63) is 30.3 Å². The summed E-state index contributed by atoms with van der Waals surface area (Å²) in [5, 5.41) is 9.23. The molecule has 0 heterocycles. The van der Waals surface area contributed by atoms with E-state index in [2.05, 4.69) is 6.58 Å². The molecule has 64 valence electrons. The summed E-state index contributed by atoms with van der Waals surface area (Å²) in [6, 6.07) is 5.34. The average Bonchev–Trinajstić information content (AvgIpc) is 2.04. The minimum atomic E-state index is 0.297. The predicted octanol–water partition coefficient (Wildman–Crippen LogP) is 3.15. The highest BCUT2D eigenvalue weighted by molar-refractivity contribution is 7.98. The Morgan fingerprint density at radius 2 is 2.17 bits per heavy atom. The Bertz CT molecular complexity index is 305. The maximum atomic E-state index is 9.23. The first kappa shape index (κ1) is 9.20. The molecule has 12 heavy (non-hydrogen) atoms. The van der Waals surface area contributed by atoms with Gasteiger partial charge in [-0.2, -0.15) is 0 Å². The minimum absolute atomic E-state index is 0.297. The molecule has 2 heteroatoms. The lowest BCUT2D eigenvalue weighted by atomic mass is 10.1. The second-order valence-corrected chi connectivity index (χ2v) is 3.51. The van der Waals surface area contributed by atoms with Gasteiger partial charge >= 0.3 is 0 Å². The van der Waals surface area contributed by atoms with Crippen molar-refractivity contribution in [1.82, 2.24) is 0 Å². The van der Waals surface area contributed by atoms with Crippen molar-refractivity contribution in [3.63, 3.8) is 0 Å². The standard InChI is InChI=1S/C10H12OS/c1-7(2)9-6-8(11)4-5-10(9)12-3/h4-6,11H,1H2,2-3H3. The summed E-state index contributed by atoms with van der Waals surface area (Å²) in [5.41, 5.74) is 2.01. The number of thioether (sulfide) groups is 1. The fraction of sp³-hybridized carbons (Fsp3) is 0.200. The molecule has 0 aliphatic rings. The normalized spacial score (nSPS) is 9.83. The highest BCUT2D eigenvalue weighted by Crippen LogP contribution is 2.28. The van der Waals surface area contributed by atoms with Gasteiger partial charge in [-0.3, -0.25) is 0 Å². The van der Waals surface area contributed by atoms with E-state index in [9.17, 15) is 5.11 Å². The van der Waals surface area contributed by atoms with Crippen LogP contribution in [-0.4, -0.2) is 11.4 Å². The van der Waals surface area contributed by atoms with E-state index in [4.69, 9.17) is 0 Å². The Balaban J connectivity index is 3.21. The predicted molar refractivity (Wildman–Crippen MR) is 54.6 cm³/mol. The molecule has 0 atom stereocenters. The molecular weight excluding hydrogens is 168 g/mol. The lowest BCUT2D eigenvalue weighted by Gasteiger charge is -2.06. The zero-order valence-corrected chi connectivity index (χ0v) is 8.11. The number of phenolic OH excluding ortho intramolecular Hbond substituents is 1. The van der Waals surface area contributed by atoms with E-state index in [1.54, 1.807) is 23.9 Å². The highest BCUT2D eigenvalue weighted by atomic mass is 32.2. The van der Waals surface area contributed by atoms with Crippen LogP contribution in [0.5, 0.6) is 5.75 Å². The van der Waals surface area contributed by atoms with Crippen molar-refractivity contribution in [2.45, 2.75) is 11.8 Å². The van der Waals surface area contributed by atoms with E-state index in [-0.39, 0.29) is 0 Å². The zero-order chi connectivity index (χ0) is 9.14. The Kier molecular flexibility index (Phi) is 2.82. The Hall–Kier alpha value is -0.890. The van der Waals surface area contributed by atoms with E-state index in [0.29, 0.717) is 5.75 Å². The molecule has 0 radical (unpaired) electrons. The third-order valence-corrected chi connectivity index (χ3v) is 2.44. The topological polar surface area (TPSA) is 20.2 Å². The molecule has 1 aromatic rings. The van der Waals surface area contributed by atoms with E-state index in [1.165, 1.54) is 0 Å². The van der Waals surface area contributed by atoms with Crippen LogP contribution in [-0.2, 0) is 0 Å². The fourth-order valence-corrected chi connectivity index (χ4v) is 1.69. The van der Waals surface area contributed by atoms with Gasteiger partial charge in [0, 0.05) is 4.90 Å². The quantitative estimate of drug-likeness (QED) is 0.705. The number of phenols is 1. The smallest absolute Gasteiger partial charge is 0.116 e. The van der Waals surface area contributed by atoms with Crippen LogP contribution in [0.2, 0.25) is 0 Å². The average molecular weight is 180 g/mol. The van der Waals surface area contributed by atoms with Crippen LogP contribution >= 0.6 is 11.8 Å². The largest absolute Gasteiger partial charge is 0.508 e. The van der Waals surface area contributed by atoms with Crippen molar-refractivity contribution in [1.29, 1.82) is 0 Å². The summed E-state index contributed by atoms with van der Waals surface area (Å²) in [7, 11) is 0.